The second kappa shape index (κ2) is 10.5. The lowest BCUT2D eigenvalue weighted by atomic mass is 9.97. The average Bonchev–Trinajstić information content (AvgIpc) is 3.47. The van der Waals surface area contributed by atoms with E-state index in [0.717, 1.165) is 16.7 Å². The van der Waals surface area contributed by atoms with Crippen LogP contribution in [0.3, 0.4) is 0 Å². The molecule has 2 aromatic heterocycles. The first-order chi connectivity index (χ1) is 18.5. The maximum Gasteiger partial charge on any atom is 0.221 e. The number of hydrazone groups is 1. The van der Waals surface area contributed by atoms with Gasteiger partial charge in [-0.25, -0.2) is 4.98 Å². The number of ketones is 1. The van der Waals surface area contributed by atoms with Crippen molar-refractivity contribution in [3.63, 3.8) is 0 Å². The molecule has 0 fully saturated rings. The molecule has 0 saturated carbocycles. The van der Waals surface area contributed by atoms with Crippen LogP contribution >= 0.6 is 0 Å². The number of anilines is 2. The minimum atomic E-state index is -0.327. The normalized spacial score (nSPS) is 14.5. The van der Waals surface area contributed by atoms with Gasteiger partial charge in [0.25, 0.3) is 0 Å². The Morgan fingerprint density at radius 2 is 1.97 bits per heavy atom. The molecular formula is C28H26N6O4. The van der Waals surface area contributed by atoms with E-state index in [9.17, 15) is 4.79 Å². The van der Waals surface area contributed by atoms with Gasteiger partial charge >= 0.3 is 0 Å². The van der Waals surface area contributed by atoms with E-state index in [1.807, 2.05) is 36.4 Å². The number of nitrogens with zero attached hydrogens (tertiary/aromatic N) is 4. The quantitative estimate of drug-likeness (QED) is 0.266. The highest BCUT2D eigenvalue weighted by atomic mass is 16.5. The van der Waals surface area contributed by atoms with E-state index < -0.39 is 0 Å². The van der Waals surface area contributed by atoms with Crippen molar-refractivity contribution < 1.29 is 18.7 Å². The van der Waals surface area contributed by atoms with Crippen molar-refractivity contribution in [3.05, 3.63) is 107 Å². The van der Waals surface area contributed by atoms with Crippen LogP contribution < -0.4 is 20.9 Å². The summed E-state index contributed by atoms with van der Waals surface area (Å²) in [6.07, 6.45) is 8.38. The highest BCUT2D eigenvalue weighted by Gasteiger charge is 2.28. The smallest absolute Gasteiger partial charge is 0.221 e. The molecular weight excluding hydrogens is 484 g/mol. The van der Waals surface area contributed by atoms with Crippen molar-refractivity contribution in [1.82, 2.24) is 15.0 Å². The second-order valence-electron chi connectivity index (χ2n) is 8.55. The van der Waals surface area contributed by atoms with Crippen LogP contribution in [0, 0.1) is 0 Å². The van der Waals surface area contributed by atoms with Gasteiger partial charge < -0.3 is 25.4 Å². The van der Waals surface area contributed by atoms with Gasteiger partial charge in [0.2, 0.25) is 5.95 Å². The van der Waals surface area contributed by atoms with Crippen LogP contribution in [0.1, 0.15) is 44.4 Å². The third-order valence-electron chi connectivity index (χ3n) is 6.19. The summed E-state index contributed by atoms with van der Waals surface area (Å²) in [4.78, 5) is 21.5. The fraction of sp³-hybridized carbons (Fsp3) is 0.143. The third kappa shape index (κ3) is 4.79. The lowest BCUT2D eigenvalue weighted by molar-refractivity contribution is 0.104. The molecule has 0 bridgehead atoms. The van der Waals surface area contributed by atoms with Crippen LogP contribution in [0.2, 0.25) is 0 Å². The third-order valence-corrected chi connectivity index (χ3v) is 6.19. The maximum atomic E-state index is 13.5. The van der Waals surface area contributed by atoms with E-state index in [1.54, 1.807) is 42.0 Å². The number of hydrogen-bond donors (Lipinski definition) is 2. The Kier molecular flexibility index (Phi) is 6.77. The number of carbonyl (C=O) groups excluding carboxylic acids is 1. The molecule has 1 aliphatic rings. The van der Waals surface area contributed by atoms with E-state index in [4.69, 9.17) is 25.4 Å². The number of ether oxygens (including phenoxy) is 2. The highest BCUT2D eigenvalue weighted by molar-refractivity contribution is 6.07. The highest BCUT2D eigenvalue weighted by Crippen LogP contribution is 2.36. The summed E-state index contributed by atoms with van der Waals surface area (Å²) in [5.41, 5.74) is 15.4. The molecule has 2 aromatic carbocycles. The molecule has 10 nitrogen and oxygen atoms in total. The number of nitrogen functional groups attached to an aromatic ring is 2. The first-order valence-electron chi connectivity index (χ1n) is 11.8. The van der Waals surface area contributed by atoms with Gasteiger partial charge in [-0.1, -0.05) is 24.3 Å². The molecule has 1 atom stereocenters. The van der Waals surface area contributed by atoms with Gasteiger partial charge in [-0.05, 0) is 35.4 Å². The van der Waals surface area contributed by atoms with Gasteiger partial charge in [-0.15, -0.1) is 0 Å². The average molecular weight is 511 g/mol. The van der Waals surface area contributed by atoms with E-state index in [0.29, 0.717) is 34.8 Å². The number of rotatable bonds is 8. The van der Waals surface area contributed by atoms with Crippen LogP contribution in [-0.4, -0.2) is 41.2 Å². The number of nitrogens with two attached hydrogens (primary N) is 2. The molecule has 0 aliphatic carbocycles. The van der Waals surface area contributed by atoms with Crippen molar-refractivity contribution in [1.29, 1.82) is 0 Å². The Labute approximate surface area is 219 Å². The first-order valence-corrected chi connectivity index (χ1v) is 11.8. The van der Waals surface area contributed by atoms with Gasteiger partial charge in [0.05, 0.1) is 32.3 Å². The van der Waals surface area contributed by atoms with Crippen molar-refractivity contribution in [2.24, 2.45) is 5.10 Å². The number of hydrogen-bond acceptors (Lipinski definition) is 10. The fourth-order valence-electron chi connectivity index (χ4n) is 4.40. The largest absolute Gasteiger partial charge is 0.493 e. The van der Waals surface area contributed by atoms with Crippen molar-refractivity contribution >= 4 is 23.8 Å². The minimum Gasteiger partial charge on any atom is -0.493 e. The summed E-state index contributed by atoms with van der Waals surface area (Å²) in [7, 11) is 3.00. The van der Waals surface area contributed by atoms with Gasteiger partial charge in [0.15, 0.2) is 17.3 Å². The Balaban J connectivity index is 1.48. The Morgan fingerprint density at radius 1 is 1.13 bits per heavy atom. The molecule has 4 N–H and O–H groups in total. The molecule has 0 spiro atoms. The SMILES string of the molecule is COc1cc(Cc2cnc(N)nc2N)cc(C(=O)/C=C/N2N=Cc3ccccc3C2c2ccco2)c1OC. The van der Waals surface area contributed by atoms with Crippen LogP contribution in [0.15, 0.2) is 82.8 Å². The molecule has 38 heavy (non-hydrogen) atoms. The number of furan rings is 1. The molecule has 0 radical (unpaired) electrons. The number of aromatic nitrogens is 2. The molecule has 0 amide bonds. The summed E-state index contributed by atoms with van der Waals surface area (Å²) in [6.45, 7) is 0. The standard InChI is InChI=1S/C28H26N6O4/c1-36-24-14-17(12-19-15-31-28(30)33-27(19)29)13-21(26(24)37-2)22(35)9-10-34-25(23-8-5-11-38-23)20-7-4-3-6-18(20)16-32-34/h3-11,13-16,25H,12H2,1-2H3,(H4,29,30,31,33)/b10-9+. The molecule has 1 unspecified atom stereocenters. The summed E-state index contributed by atoms with van der Waals surface area (Å²) in [5, 5.41) is 6.25. The molecule has 10 heteroatoms. The van der Waals surface area contributed by atoms with Crippen LogP contribution in [0.5, 0.6) is 11.5 Å². The lowest BCUT2D eigenvalue weighted by Gasteiger charge is -2.29. The van der Waals surface area contributed by atoms with Crippen molar-refractivity contribution in [3.8, 4) is 11.5 Å². The van der Waals surface area contributed by atoms with E-state index >= 15 is 0 Å². The van der Waals surface area contributed by atoms with E-state index in [-0.39, 0.29) is 23.6 Å². The number of benzene rings is 2. The predicted octanol–water partition coefficient (Wildman–Crippen LogP) is 3.98. The van der Waals surface area contributed by atoms with Gasteiger partial charge in [-0.2, -0.15) is 10.1 Å². The summed E-state index contributed by atoms with van der Waals surface area (Å²) in [6, 6.07) is 14.8. The Hall–Kier alpha value is -5.12. The van der Waals surface area contributed by atoms with Crippen molar-refractivity contribution in [2.75, 3.05) is 25.7 Å². The van der Waals surface area contributed by atoms with Gasteiger partial charge in [-0.3, -0.25) is 9.80 Å². The summed E-state index contributed by atoms with van der Waals surface area (Å²) < 4.78 is 16.8. The Morgan fingerprint density at radius 3 is 2.71 bits per heavy atom. The van der Waals surface area contributed by atoms with E-state index in [1.165, 1.54) is 20.3 Å². The molecule has 4 aromatic rings. The van der Waals surface area contributed by atoms with Crippen LogP contribution in [0.4, 0.5) is 11.8 Å². The lowest BCUT2D eigenvalue weighted by Crippen LogP contribution is -2.24. The first kappa shape index (κ1) is 24.6. The van der Waals surface area contributed by atoms with Gasteiger partial charge in [0.1, 0.15) is 17.6 Å². The monoisotopic (exact) mass is 510 g/mol. The fourth-order valence-corrected chi connectivity index (χ4v) is 4.40. The summed E-state index contributed by atoms with van der Waals surface area (Å²) >= 11 is 0. The van der Waals surface area contributed by atoms with E-state index in [2.05, 4.69) is 15.1 Å². The van der Waals surface area contributed by atoms with Gasteiger partial charge in [0, 0.05) is 36.0 Å². The minimum absolute atomic E-state index is 0.0930. The topological polar surface area (TPSA) is 142 Å². The van der Waals surface area contributed by atoms with Crippen molar-refractivity contribution in [2.45, 2.75) is 12.5 Å². The predicted molar refractivity (Wildman–Crippen MR) is 143 cm³/mol. The zero-order chi connectivity index (χ0) is 26.6. The molecule has 0 saturated heterocycles. The zero-order valence-corrected chi connectivity index (χ0v) is 20.9. The molecule has 192 valence electrons. The number of carbonyl (C=O) groups is 1. The number of methoxy groups -OCH3 is 2. The number of fused-ring (bicyclic) bond motifs is 1. The van der Waals surface area contributed by atoms with Crippen LogP contribution in [-0.2, 0) is 6.42 Å². The molecule has 3 heterocycles. The zero-order valence-electron chi connectivity index (χ0n) is 20.9. The summed E-state index contributed by atoms with van der Waals surface area (Å²) in [5.74, 6) is 1.51. The Bertz CT molecular complexity index is 1530. The molecule has 5 rings (SSSR count). The number of allylic oxidation sites excluding steroid dienone is 1. The van der Waals surface area contributed by atoms with Crippen LogP contribution in [0.25, 0.3) is 0 Å². The maximum absolute atomic E-state index is 13.5. The molecule has 1 aliphatic heterocycles. The second-order valence-corrected chi connectivity index (χ2v) is 8.55.